The van der Waals surface area contributed by atoms with Crippen LogP contribution in [0.25, 0.3) is 0 Å². The Balaban J connectivity index is 2.10. The van der Waals surface area contributed by atoms with E-state index in [0.29, 0.717) is 6.04 Å². The number of aryl methyl sites for hydroxylation is 1. The molecular formula is C14H21BrN2. The molecule has 0 spiro atoms. The van der Waals surface area contributed by atoms with Crippen molar-refractivity contribution in [1.82, 2.24) is 5.32 Å². The predicted octanol–water partition coefficient (Wildman–Crippen LogP) is 3.34. The number of halogens is 1. The number of nitrogens with one attached hydrogen (secondary N) is 1. The fourth-order valence-electron chi connectivity index (χ4n) is 2.45. The number of piperazine rings is 1. The molecule has 0 aliphatic carbocycles. The summed E-state index contributed by atoms with van der Waals surface area (Å²) in [6.45, 7) is 7.69. The van der Waals surface area contributed by atoms with E-state index in [-0.39, 0.29) is 0 Å². The number of benzene rings is 1. The lowest BCUT2D eigenvalue weighted by Gasteiger charge is -2.36. The average molecular weight is 297 g/mol. The minimum absolute atomic E-state index is 0.641. The van der Waals surface area contributed by atoms with Crippen molar-refractivity contribution in [3.05, 3.63) is 28.2 Å². The molecule has 1 fully saturated rings. The summed E-state index contributed by atoms with van der Waals surface area (Å²) in [6, 6.07) is 7.26. The van der Waals surface area contributed by atoms with Crippen molar-refractivity contribution in [2.24, 2.45) is 0 Å². The summed E-state index contributed by atoms with van der Waals surface area (Å²) in [6.07, 6.45) is 2.51. The second-order valence-corrected chi connectivity index (χ2v) is 5.69. The first kappa shape index (κ1) is 12.9. The fraction of sp³-hybridized carbons (Fsp3) is 0.571. The molecule has 1 heterocycles. The van der Waals surface area contributed by atoms with Crippen LogP contribution in [0.4, 0.5) is 5.69 Å². The molecule has 0 bridgehead atoms. The minimum Gasteiger partial charge on any atom is -0.368 e. The molecule has 1 unspecified atom stereocenters. The molecule has 1 atom stereocenters. The molecular weight excluding hydrogens is 276 g/mol. The number of nitrogens with zero attached hydrogens (tertiary/aromatic N) is 1. The van der Waals surface area contributed by atoms with Crippen LogP contribution in [-0.2, 0) is 0 Å². The van der Waals surface area contributed by atoms with Gasteiger partial charge in [-0.3, -0.25) is 0 Å². The van der Waals surface area contributed by atoms with Crippen molar-refractivity contribution in [2.45, 2.75) is 32.7 Å². The average Bonchev–Trinajstić information content (AvgIpc) is 2.29. The first-order chi connectivity index (χ1) is 8.20. The van der Waals surface area contributed by atoms with E-state index in [4.69, 9.17) is 0 Å². The summed E-state index contributed by atoms with van der Waals surface area (Å²) < 4.78 is 1.22. The molecule has 2 rings (SSSR count). The van der Waals surface area contributed by atoms with E-state index in [9.17, 15) is 0 Å². The van der Waals surface area contributed by atoms with Gasteiger partial charge < -0.3 is 10.2 Å². The van der Waals surface area contributed by atoms with Crippen LogP contribution in [-0.4, -0.2) is 25.7 Å². The Morgan fingerprint density at radius 2 is 2.29 bits per heavy atom. The van der Waals surface area contributed by atoms with Gasteiger partial charge in [-0.2, -0.15) is 0 Å². The molecule has 1 aliphatic rings. The number of hydrogen-bond acceptors (Lipinski definition) is 2. The van der Waals surface area contributed by atoms with Crippen LogP contribution >= 0.6 is 15.9 Å². The number of anilines is 1. The van der Waals surface area contributed by atoms with Gasteiger partial charge in [0.15, 0.2) is 0 Å². The molecule has 1 aromatic carbocycles. The predicted molar refractivity (Wildman–Crippen MR) is 77.8 cm³/mol. The van der Waals surface area contributed by atoms with Gasteiger partial charge in [0.25, 0.3) is 0 Å². The van der Waals surface area contributed by atoms with Crippen molar-refractivity contribution in [1.29, 1.82) is 0 Å². The zero-order chi connectivity index (χ0) is 12.3. The molecule has 1 saturated heterocycles. The Kier molecular flexibility index (Phi) is 4.46. The first-order valence-electron chi connectivity index (χ1n) is 6.45. The lowest BCUT2D eigenvalue weighted by Crippen LogP contribution is -2.50. The van der Waals surface area contributed by atoms with Gasteiger partial charge in [-0.05, 0) is 47.0 Å². The molecule has 0 aromatic heterocycles. The quantitative estimate of drug-likeness (QED) is 0.920. The summed E-state index contributed by atoms with van der Waals surface area (Å²) in [5.74, 6) is 0. The molecule has 1 aromatic rings. The van der Waals surface area contributed by atoms with Gasteiger partial charge in [-0.25, -0.2) is 0 Å². The van der Waals surface area contributed by atoms with Gasteiger partial charge in [-0.15, -0.1) is 0 Å². The van der Waals surface area contributed by atoms with E-state index in [1.807, 2.05) is 0 Å². The highest BCUT2D eigenvalue weighted by Crippen LogP contribution is 2.28. The minimum atomic E-state index is 0.641. The van der Waals surface area contributed by atoms with E-state index in [1.165, 1.54) is 28.6 Å². The van der Waals surface area contributed by atoms with E-state index >= 15 is 0 Å². The molecule has 94 valence electrons. The lowest BCUT2D eigenvalue weighted by molar-refractivity contribution is 0.430. The van der Waals surface area contributed by atoms with Gasteiger partial charge in [0.05, 0.1) is 5.69 Å². The summed E-state index contributed by atoms with van der Waals surface area (Å²) in [5.41, 5.74) is 2.64. The summed E-state index contributed by atoms with van der Waals surface area (Å²) in [7, 11) is 0. The highest BCUT2D eigenvalue weighted by molar-refractivity contribution is 9.10. The van der Waals surface area contributed by atoms with Crippen LogP contribution in [0.5, 0.6) is 0 Å². The Morgan fingerprint density at radius 3 is 3.00 bits per heavy atom. The van der Waals surface area contributed by atoms with Crippen LogP contribution < -0.4 is 10.2 Å². The molecule has 1 N–H and O–H groups in total. The standard InChI is InChI=1S/C14H21BrN2/c1-3-4-12-10-17(8-7-16-12)14-6-5-11(2)9-13(14)15/h5-6,9,12,16H,3-4,7-8,10H2,1-2H3. The largest absolute Gasteiger partial charge is 0.368 e. The SMILES string of the molecule is CCCC1CN(c2ccc(C)cc2Br)CCN1. The summed E-state index contributed by atoms with van der Waals surface area (Å²) in [5, 5.41) is 3.59. The monoisotopic (exact) mass is 296 g/mol. The third-order valence-electron chi connectivity index (χ3n) is 3.34. The first-order valence-corrected chi connectivity index (χ1v) is 7.24. The number of hydrogen-bond donors (Lipinski definition) is 1. The van der Waals surface area contributed by atoms with E-state index in [0.717, 1.165) is 19.6 Å². The summed E-state index contributed by atoms with van der Waals surface area (Å²) >= 11 is 3.68. The second-order valence-electron chi connectivity index (χ2n) is 4.84. The van der Waals surface area contributed by atoms with E-state index in [2.05, 4.69) is 58.2 Å². The third kappa shape index (κ3) is 3.23. The van der Waals surface area contributed by atoms with Crippen LogP contribution in [0, 0.1) is 6.92 Å². The van der Waals surface area contributed by atoms with Gasteiger partial charge >= 0.3 is 0 Å². The van der Waals surface area contributed by atoms with E-state index in [1.54, 1.807) is 0 Å². The second kappa shape index (κ2) is 5.87. The Bertz CT molecular complexity index is 376. The maximum Gasteiger partial charge on any atom is 0.0511 e. The van der Waals surface area contributed by atoms with Crippen molar-refractivity contribution >= 4 is 21.6 Å². The highest BCUT2D eigenvalue weighted by Gasteiger charge is 2.19. The third-order valence-corrected chi connectivity index (χ3v) is 3.97. The van der Waals surface area contributed by atoms with Gasteiger partial charge in [0.1, 0.15) is 0 Å². The van der Waals surface area contributed by atoms with Crippen LogP contribution in [0.2, 0.25) is 0 Å². The molecule has 0 amide bonds. The summed E-state index contributed by atoms with van der Waals surface area (Å²) in [4.78, 5) is 2.49. The van der Waals surface area contributed by atoms with Gasteiger partial charge in [0, 0.05) is 30.1 Å². The highest BCUT2D eigenvalue weighted by atomic mass is 79.9. The maximum atomic E-state index is 3.68. The van der Waals surface area contributed by atoms with E-state index < -0.39 is 0 Å². The topological polar surface area (TPSA) is 15.3 Å². The molecule has 0 radical (unpaired) electrons. The van der Waals surface area contributed by atoms with Crippen molar-refractivity contribution < 1.29 is 0 Å². The maximum absolute atomic E-state index is 3.68. The zero-order valence-corrected chi connectivity index (χ0v) is 12.3. The molecule has 1 aliphatic heterocycles. The van der Waals surface area contributed by atoms with Gasteiger partial charge in [-0.1, -0.05) is 19.4 Å². The Labute approximate surface area is 113 Å². The normalized spacial score (nSPS) is 20.6. The fourth-order valence-corrected chi connectivity index (χ4v) is 3.20. The number of rotatable bonds is 3. The van der Waals surface area contributed by atoms with Gasteiger partial charge in [0.2, 0.25) is 0 Å². The zero-order valence-electron chi connectivity index (χ0n) is 10.7. The Morgan fingerprint density at radius 1 is 1.47 bits per heavy atom. The lowest BCUT2D eigenvalue weighted by atomic mass is 10.1. The van der Waals surface area contributed by atoms with Crippen LogP contribution in [0.1, 0.15) is 25.3 Å². The van der Waals surface area contributed by atoms with Crippen molar-refractivity contribution in [2.75, 3.05) is 24.5 Å². The van der Waals surface area contributed by atoms with Crippen molar-refractivity contribution in [3.63, 3.8) is 0 Å². The Hall–Kier alpha value is -0.540. The molecule has 0 saturated carbocycles. The molecule has 3 heteroatoms. The molecule has 2 nitrogen and oxygen atoms in total. The molecule has 17 heavy (non-hydrogen) atoms. The van der Waals surface area contributed by atoms with Crippen LogP contribution in [0.15, 0.2) is 22.7 Å². The van der Waals surface area contributed by atoms with Crippen molar-refractivity contribution in [3.8, 4) is 0 Å². The van der Waals surface area contributed by atoms with Crippen LogP contribution in [0.3, 0.4) is 0 Å². The smallest absolute Gasteiger partial charge is 0.0511 e.